The molecule has 4 aromatic heterocycles. The highest BCUT2D eigenvalue weighted by atomic mass is 15.3. The van der Waals surface area contributed by atoms with Crippen LogP contribution in [0, 0.1) is 20.8 Å². The quantitative estimate of drug-likeness (QED) is 0.285. The van der Waals surface area contributed by atoms with Gasteiger partial charge in [0.1, 0.15) is 5.52 Å². The van der Waals surface area contributed by atoms with Crippen LogP contribution in [-0.2, 0) is 0 Å². The van der Waals surface area contributed by atoms with E-state index in [1.807, 2.05) is 12.1 Å². The van der Waals surface area contributed by atoms with E-state index in [1.165, 1.54) is 27.8 Å². The van der Waals surface area contributed by atoms with Gasteiger partial charge in [-0.25, -0.2) is 14.4 Å². The third-order valence-electron chi connectivity index (χ3n) is 7.52. The van der Waals surface area contributed by atoms with E-state index in [0.717, 1.165) is 50.2 Å². The van der Waals surface area contributed by atoms with E-state index >= 15 is 0 Å². The molecule has 0 aliphatic carbocycles. The molecule has 0 aliphatic rings. The van der Waals surface area contributed by atoms with Gasteiger partial charge in [0.15, 0.2) is 0 Å². The Morgan fingerprint density at radius 3 is 1.53 bits per heavy atom. The Labute approximate surface area is 194 Å². The number of imidazole rings is 4. The van der Waals surface area contributed by atoms with Crippen LogP contribution in [-0.4, -0.2) is 23.2 Å². The van der Waals surface area contributed by atoms with Crippen molar-refractivity contribution in [1.29, 1.82) is 0 Å². The molecule has 0 spiro atoms. The first-order chi connectivity index (χ1) is 16.6. The molecular formula is C29H21N5. The highest BCUT2D eigenvalue weighted by Crippen LogP contribution is 2.38. The summed E-state index contributed by atoms with van der Waals surface area (Å²) in [6, 6.07) is 26.0. The highest BCUT2D eigenvalue weighted by Gasteiger charge is 2.24. The summed E-state index contributed by atoms with van der Waals surface area (Å²) in [5.74, 6) is 1.81. The Morgan fingerprint density at radius 2 is 1.00 bits per heavy atom. The molecule has 0 fully saturated rings. The molecule has 5 nitrogen and oxygen atoms in total. The van der Waals surface area contributed by atoms with Crippen LogP contribution in [0.15, 0.2) is 72.8 Å². The number of rotatable bonds is 1. The number of benzene rings is 4. The molecule has 0 bridgehead atoms. The third-order valence-corrected chi connectivity index (χ3v) is 7.52. The summed E-state index contributed by atoms with van der Waals surface area (Å²) in [4.78, 5) is 10.1. The molecule has 162 valence electrons. The lowest BCUT2D eigenvalue weighted by Crippen LogP contribution is -1.91. The number of aryl methyl sites for hydroxylation is 2. The number of aromatic nitrogens is 5. The van der Waals surface area contributed by atoms with Crippen molar-refractivity contribution in [2.75, 3.05) is 0 Å². The molecule has 34 heavy (non-hydrogen) atoms. The molecule has 4 heterocycles. The summed E-state index contributed by atoms with van der Waals surface area (Å²) in [7, 11) is 0. The Bertz CT molecular complexity index is 1960. The van der Waals surface area contributed by atoms with E-state index < -0.39 is 0 Å². The van der Waals surface area contributed by atoms with E-state index in [0.29, 0.717) is 0 Å². The Hall–Kier alpha value is -4.38. The van der Waals surface area contributed by atoms with E-state index in [4.69, 9.17) is 9.97 Å². The normalized spacial score (nSPS) is 12.6. The van der Waals surface area contributed by atoms with Gasteiger partial charge in [-0.2, -0.15) is 0 Å². The fourth-order valence-electron chi connectivity index (χ4n) is 5.63. The number of hydrogen-bond donors (Lipinski definition) is 0. The molecule has 0 N–H and O–H groups in total. The molecule has 0 unspecified atom stereocenters. The Morgan fingerprint density at radius 1 is 0.529 bits per heavy atom. The second-order valence-electron chi connectivity index (χ2n) is 9.41. The third kappa shape index (κ3) is 2.05. The van der Waals surface area contributed by atoms with Crippen LogP contribution < -0.4 is 0 Å². The van der Waals surface area contributed by atoms with Gasteiger partial charge >= 0.3 is 0 Å². The Kier molecular flexibility index (Phi) is 3.16. The van der Waals surface area contributed by atoms with Gasteiger partial charge in [-0.3, -0.25) is 8.80 Å². The number of para-hydroxylation sites is 4. The van der Waals surface area contributed by atoms with Crippen molar-refractivity contribution < 1.29 is 0 Å². The van der Waals surface area contributed by atoms with Crippen molar-refractivity contribution in [2.24, 2.45) is 0 Å². The van der Waals surface area contributed by atoms with Crippen LogP contribution in [0.3, 0.4) is 0 Å². The topological polar surface area (TPSA) is 39.0 Å². The first-order valence-corrected chi connectivity index (χ1v) is 11.6. The van der Waals surface area contributed by atoms with Crippen molar-refractivity contribution in [3.8, 4) is 11.1 Å². The van der Waals surface area contributed by atoms with E-state index in [-0.39, 0.29) is 0 Å². The second kappa shape index (κ2) is 5.94. The van der Waals surface area contributed by atoms with Crippen molar-refractivity contribution in [2.45, 2.75) is 20.8 Å². The molecular weight excluding hydrogens is 418 g/mol. The number of hydrogen-bond acceptors (Lipinski definition) is 2. The highest BCUT2D eigenvalue weighted by molar-refractivity contribution is 6.06. The van der Waals surface area contributed by atoms with Crippen LogP contribution in [0.2, 0.25) is 0 Å². The average Bonchev–Trinajstić information content (AvgIpc) is 3.56. The molecule has 0 aliphatic heterocycles. The SMILES string of the molecule is Cc1cc(-c2cc3c4c(c2)n2c5ccccc5nc2n4c2nc4ccccc4n32)cc(C)c1C. The Balaban J connectivity index is 1.65. The fraction of sp³-hybridized carbons (Fsp3) is 0.103. The first kappa shape index (κ1) is 18.1. The van der Waals surface area contributed by atoms with Gasteiger partial charge in [-0.1, -0.05) is 36.4 Å². The molecule has 0 atom stereocenters. The van der Waals surface area contributed by atoms with Gasteiger partial charge in [0, 0.05) is 0 Å². The zero-order valence-electron chi connectivity index (χ0n) is 19.2. The van der Waals surface area contributed by atoms with Crippen molar-refractivity contribution in [3.63, 3.8) is 0 Å². The van der Waals surface area contributed by atoms with Gasteiger partial charge in [0.2, 0.25) is 11.6 Å². The monoisotopic (exact) mass is 439 g/mol. The average molecular weight is 440 g/mol. The van der Waals surface area contributed by atoms with Crippen molar-refractivity contribution >= 4 is 50.2 Å². The number of fused-ring (bicyclic) bond motifs is 10. The van der Waals surface area contributed by atoms with Crippen molar-refractivity contribution in [3.05, 3.63) is 89.5 Å². The molecule has 0 amide bonds. The minimum absolute atomic E-state index is 0.903. The minimum atomic E-state index is 0.903. The maximum atomic E-state index is 5.04. The summed E-state index contributed by atoms with van der Waals surface area (Å²) in [5, 5.41) is 0. The molecule has 4 aromatic carbocycles. The lowest BCUT2D eigenvalue weighted by Gasteiger charge is -2.10. The molecule has 0 saturated heterocycles. The summed E-state index contributed by atoms with van der Waals surface area (Å²) >= 11 is 0. The van der Waals surface area contributed by atoms with Gasteiger partial charge in [0.05, 0.1) is 33.1 Å². The van der Waals surface area contributed by atoms with Crippen LogP contribution in [0.1, 0.15) is 16.7 Å². The second-order valence-corrected chi connectivity index (χ2v) is 9.41. The van der Waals surface area contributed by atoms with Gasteiger partial charge in [-0.05, 0) is 85.0 Å². The molecule has 0 saturated carbocycles. The van der Waals surface area contributed by atoms with E-state index in [1.54, 1.807) is 0 Å². The molecule has 8 rings (SSSR count). The standard InChI is InChI=1S/C29H21N5/c1-16-12-19(13-17(2)18(16)3)20-14-25-27-26(15-20)33-24-11-7-5-9-22(24)31-29(33)34(27)28-30-21-8-4-6-10-23(21)32(25)28/h4-15H,1-3H3. The largest absolute Gasteiger partial charge is 0.276 e. The van der Waals surface area contributed by atoms with Crippen LogP contribution >= 0.6 is 0 Å². The lowest BCUT2D eigenvalue weighted by atomic mass is 9.96. The van der Waals surface area contributed by atoms with Crippen LogP contribution in [0.4, 0.5) is 0 Å². The lowest BCUT2D eigenvalue weighted by molar-refractivity contribution is 1.15. The van der Waals surface area contributed by atoms with E-state index in [9.17, 15) is 0 Å². The minimum Gasteiger partial charge on any atom is -0.276 e. The maximum Gasteiger partial charge on any atom is 0.223 e. The van der Waals surface area contributed by atoms with Gasteiger partial charge in [0.25, 0.3) is 0 Å². The summed E-state index contributed by atoms with van der Waals surface area (Å²) in [6.45, 7) is 6.59. The predicted octanol–water partition coefficient (Wildman–Crippen LogP) is 6.72. The smallest absolute Gasteiger partial charge is 0.223 e. The predicted molar refractivity (Wildman–Crippen MR) is 138 cm³/mol. The van der Waals surface area contributed by atoms with Crippen LogP contribution in [0.25, 0.3) is 61.3 Å². The van der Waals surface area contributed by atoms with Gasteiger partial charge in [-0.15, -0.1) is 0 Å². The molecule has 5 heteroatoms. The van der Waals surface area contributed by atoms with E-state index in [2.05, 4.69) is 94.6 Å². The molecule has 8 aromatic rings. The summed E-state index contributed by atoms with van der Waals surface area (Å²) in [5.41, 5.74) is 14.1. The molecule has 0 radical (unpaired) electrons. The summed E-state index contributed by atoms with van der Waals surface area (Å²) < 4.78 is 6.79. The van der Waals surface area contributed by atoms with Crippen LogP contribution in [0.5, 0.6) is 0 Å². The zero-order valence-corrected chi connectivity index (χ0v) is 19.2. The fourth-order valence-corrected chi connectivity index (χ4v) is 5.63. The maximum absolute atomic E-state index is 5.04. The van der Waals surface area contributed by atoms with Gasteiger partial charge < -0.3 is 0 Å². The summed E-state index contributed by atoms with van der Waals surface area (Å²) in [6.07, 6.45) is 0. The van der Waals surface area contributed by atoms with Crippen molar-refractivity contribution in [1.82, 2.24) is 23.2 Å². The number of nitrogens with zero attached hydrogens (tertiary/aromatic N) is 5. The zero-order chi connectivity index (χ0) is 22.7. The first-order valence-electron chi connectivity index (χ1n) is 11.6.